The molecule has 27 heavy (non-hydrogen) atoms. The number of halogens is 2. The Labute approximate surface area is 156 Å². The number of urea groups is 1. The molecule has 0 spiro atoms. The van der Waals surface area contributed by atoms with Crippen LogP contribution in [0.4, 0.5) is 19.3 Å². The molecule has 0 radical (unpaired) electrons. The Morgan fingerprint density at radius 1 is 1.41 bits per heavy atom. The summed E-state index contributed by atoms with van der Waals surface area (Å²) in [6.07, 6.45) is -1.77. The molecule has 2 aliphatic heterocycles. The van der Waals surface area contributed by atoms with Crippen molar-refractivity contribution in [1.82, 2.24) is 10.2 Å². The number of aliphatic hydroxyl groups excluding tert-OH is 1. The molecule has 0 saturated carbocycles. The van der Waals surface area contributed by atoms with E-state index in [-0.39, 0.29) is 32.5 Å². The summed E-state index contributed by atoms with van der Waals surface area (Å²) in [5.74, 6) is -1.99. The summed E-state index contributed by atoms with van der Waals surface area (Å²) in [5, 5.41) is 15.8. The normalized spacial score (nSPS) is 27.9. The average molecular weight is 385 g/mol. The van der Waals surface area contributed by atoms with Crippen LogP contribution in [-0.2, 0) is 4.74 Å². The molecule has 2 saturated heterocycles. The fraction of sp³-hybridized carbons (Fsp3) is 0.611. The number of likely N-dealkylation sites (tertiary alicyclic amines) is 1. The number of ether oxygens (including phenoxy) is 2. The second-order valence-corrected chi connectivity index (χ2v) is 6.96. The summed E-state index contributed by atoms with van der Waals surface area (Å²) in [6, 6.07) is 5.88. The predicted molar refractivity (Wildman–Crippen MR) is 95.3 cm³/mol. The zero-order valence-electron chi connectivity index (χ0n) is 15.2. The molecule has 2 aliphatic rings. The Balaban J connectivity index is 1.46. The summed E-state index contributed by atoms with van der Waals surface area (Å²) in [4.78, 5) is 14.0. The highest BCUT2D eigenvalue weighted by Gasteiger charge is 2.40. The Hall–Kier alpha value is -1.97. The van der Waals surface area contributed by atoms with Crippen molar-refractivity contribution in [3.8, 4) is 5.75 Å². The van der Waals surface area contributed by atoms with Gasteiger partial charge in [0.1, 0.15) is 11.9 Å². The standard InChI is InChI=1S/C18H25F2N3O4/c1-26-13-4-2-3-12(9-13)21-17(25)22-14-11-27-15(16(14)24)10-23-7-5-18(19,20)6-8-23/h2-4,9,14-16,24H,5-8,10-11H2,1H3,(H2,21,22,25). The quantitative estimate of drug-likeness (QED) is 0.718. The highest BCUT2D eigenvalue weighted by atomic mass is 19.3. The molecule has 0 bridgehead atoms. The topological polar surface area (TPSA) is 83.1 Å². The predicted octanol–water partition coefficient (Wildman–Crippen LogP) is 1.68. The van der Waals surface area contributed by atoms with Crippen LogP contribution in [0.3, 0.4) is 0 Å². The van der Waals surface area contributed by atoms with E-state index < -0.39 is 30.2 Å². The van der Waals surface area contributed by atoms with Crippen LogP contribution in [0.15, 0.2) is 24.3 Å². The lowest BCUT2D eigenvalue weighted by Crippen LogP contribution is -2.49. The number of piperidine rings is 1. The Morgan fingerprint density at radius 2 is 2.15 bits per heavy atom. The lowest BCUT2D eigenvalue weighted by atomic mass is 10.0. The highest BCUT2D eigenvalue weighted by Crippen LogP contribution is 2.28. The van der Waals surface area contributed by atoms with Gasteiger partial charge in [0.05, 0.1) is 25.9 Å². The van der Waals surface area contributed by atoms with Crippen LogP contribution in [0.2, 0.25) is 0 Å². The number of aliphatic hydroxyl groups is 1. The Morgan fingerprint density at radius 3 is 2.85 bits per heavy atom. The number of nitrogens with one attached hydrogen (secondary N) is 2. The third kappa shape index (κ3) is 5.27. The molecular weight excluding hydrogens is 360 g/mol. The molecule has 1 aromatic rings. The van der Waals surface area contributed by atoms with Crippen molar-refractivity contribution < 1.29 is 28.2 Å². The van der Waals surface area contributed by atoms with Gasteiger partial charge in [0.25, 0.3) is 5.92 Å². The van der Waals surface area contributed by atoms with Crippen molar-refractivity contribution in [2.75, 3.05) is 38.7 Å². The summed E-state index contributed by atoms with van der Waals surface area (Å²) < 4.78 is 37.1. The molecule has 3 N–H and O–H groups in total. The number of rotatable bonds is 5. The zero-order valence-corrected chi connectivity index (χ0v) is 15.2. The number of amides is 2. The molecule has 2 amide bonds. The molecule has 150 valence electrons. The lowest BCUT2D eigenvalue weighted by molar-refractivity contribution is -0.0674. The second kappa shape index (κ2) is 8.37. The van der Waals surface area contributed by atoms with Crippen molar-refractivity contribution in [1.29, 1.82) is 0 Å². The van der Waals surface area contributed by atoms with Gasteiger partial charge < -0.3 is 30.1 Å². The van der Waals surface area contributed by atoms with E-state index in [1.165, 1.54) is 7.11 Å². The number of hydrogen-bond acceptors (Lipinski definition) is 5. The van der Waals surface area contributed by atoms with E-state index in [1.54, 1.807) is 24.3 Å². The summed E-state index contributed by atoms with van der Waals surface area (Å²) in [7, 11) is 1.54. The third-order valence-corrected chi connectivity index (χ3v) is 4.95. The van der Waals surface area contributed by atoms with E-state index >= 15 is 0 Å². The van der Waals surface area contributed by atoms with Gasteiger partial charge in [-0.15, -0.1) is 0 Å². The average Bonchev–Trinajstić information content (AvgIpc) is 2.97. The number of methoxy groups -OCH3 is 1. The van der Waals surface area contributed by atoms with Crippen molar-refractivity contribution >= 4 is 11.7 Å². The largest absolute Gasteiger partial charge is 0.497 e. The minimum atomic E-state index is -2.60. The van der Waals surface area contributed by atoms with Crippen molar-refractivity contribution in [3.63, 3.8) is 0 Å². The van der Waals surface area contributed by atoms with Crippen LogP contribution in [0.5, 0.6) is 5.75 Å². The van der Waals surface area contributed by atoms with Gasteiger partial charge in [-0.2, -0.15) is 0 Å². The smallest absolute Gasteiger partial charge is 0.319 e. The fourth-order valence-electron chi connectivity index (χ4n) is 3.32. The van der Waals surface area contributed by atoms with Crippen molar-refractivity contribution in [2.24, 2.45) is 0 Å². The Kier molecular flexibility index (Phi) is 6.13. The van der Waals surface area contributed by atoms with Crippen molar-refractivity contribution in [2.45, 2.75) is 37.0 Å². The van der Waals surface area contributed by atoms with Gasteiger partial charge in [0.15, 0.2) is 0 Å². The Bertz CT molecular complexity index is 651. The molecule has 1 aromatic carbocycles. The molecule has 3 rings (SSSR count). The molecule has 0 aliphatic carbocycles. The first kappa shape index (κ1) is 19.8. The first-order valence-corrected chi connectivity index (χ1v) is 8.98. The second-order valence-electron chi connectivity index (χ2n) is 6.96. The summed E-state index contributed by atoms with van der Waals surface area (Å²) in [6.45, 7) is 1.08. The van der Waals surface area contributed by atoms with Crippen LogP contribution < -0.4 is 15.4 Å². The van der Waals surface area contributed by atoms with Gasteiger partial charge >= 0.3 is 6.03 Å². The highest BCUT2D eigenvalue weighted by molar-refractivity contribution is 5.89. The fourth-order valence-corrected chi connectivity index (χ4v) is 3.32. The SMILES string of the molecule is COc1cccc(NC(=O)NC2COC(CN3CCC(F)(F)CC3)C2O)c1. The van der Waals surface area contributed by atoms with E-state index in [1.807, 2.05) is 4.90 Å². The van der Waals surface area contributed by atoms with E-state index in [0.717, 1.165) is 0 Å². The molecule has 0 aromatic heterocycles. The molecular formula is C18H25F2N3O4. The van der Waals surface area contributed by atoms with E-state index in [2.05, 4.69) is 10.6 Å². The summed E-state index contributed by atoms with van der Waals surface area (Å²) in [5.41, 5.74) is 0.561. The first-order valence-electron chi connectivity index (χ1n) is 8.98. The zero-order chi connectivity index (χ0) is 19.4. The maximum absolute atomic E-state index is 13.2. The minimum absolute atomic E-state index is 0.168. The van der Waals surface area contributed by atoms with Gasteiger partial charge in [-0.05, 0) is 12.1 Å². The van der Waals surface area contributed by atoms with Crippen LogP contribution >= 0.6 is 0 Å². The third-order valence-electron chi connectivity index (χ3n) is 4.95. The maximum Gasteiger partial charge on any atom is 0.319 e. The summed E-state index contributed by atoms with van der Waals surface area (Å²) >= 11 is 0. The van der Waals surface area contributed by atoms with Gasteiger partial charge in [0, 0.05) is 44.2 Å². The maximum atomic E-state index is 13.2. The first-order chi connectivity index (χ1) is 12.9. The molecule has 9 heteroatoms. The minimum Gasteiger partial charge on any atom is -0.497 e. The molecule has 7 nitrogen and oxygen atoms in total. The van der Waals surface area contributed by atoms with E-state index in [9.17, 15) is 18.7 Å². The van der Waals surface area contributed by atoms with Gasteiger partial charge in [0.2, 0.25) is 0 Å². The van der Waals surface area contributed by atoms with Crippen LogP contribution in [0.1, 0.15) is 12.8 Å². The number of carbonyl (C=O) groups excluding carboxylic acids is 1. The van der Waals surface area contributed by atoms with Gasteiger partial charge in [-0.1, -0.05) is 6.07 Å². The van der Waals surface area contributed by atoms with Crippen LogP contribution in [-0.4, -0.2) is 73.6 Å². The van der Waals surface area contributed by atoms with Gasteiger partial charge in [-0.25, -0.2) is 13.6 Å². The number of anilines is 1. The van der Waals surface area contributed by atoms with Gasteiger partial charge in [-0.3, -0.25) is 0 Å². The van der Waals surface area contributed by atoms with E-state index in [4.69, 9.17) is 9.47 Å². The number of nitrogens with zero attached hydrogens (tertiary/aromatic N) is 1. The lowest BCUT2D eigenvalue weighted by Gasteiger charge is -2.33. The number of carbonyl (C=O) groups is 1. The van der Waals surface area contributed by atoms with Crippen LogP contribution in [0, 0.1) is 0 Å². The molecule has 3 unspecified atom stereocenters. The molecule has 3 atom stereocenters. The van der Waals surface area contributed by atoms with E-state index in [0.29, 0.717) is 18.0 Å². The molecule has 2 heterocycles. The van der Waals surface area contributed by atoms with Crippen molar-refractivity contribution in [3.05, 3.63) is 24.3 Å². The monoisotopic (exact) mass is 385 g/mol. The molecule has 2 fully saturated rings. The number of alkyl halides is 2. The number of hydrogen-bond donors (Lipinski definition) is 3. The van der Waals surface area contributed by atoms with Crippen LogP contribution in [0.25, 0.3) is 0 Å². The number of benzene rings is 1.